The van der Waals surface area contributed by atoms with Crippen LogP contribution in [0, 0.1) is 0 Å². The molecule has 0 aliphatic heterocycles. The van der Waals surface area contributed by atoms with Gasteiger partial charge in [-0.3, -0.25) is 4.79 Å². The summed E-state index contributed by atoms with van der Waals surface area (Å²) >= 11 is 4.97. The van der Waals surface area contributed by atoms with Crippen molar-refractivity contribution in [1.82, 2.24) is 0 Å². The lowest BCUT2D eigenvalue weighted by Crippen LogP contribution is -1.99. The molecule has 2 rings (SSSR count). The van der Waals surface area contributed by atoms with Gasteiger partial charge in [0.25, 0.3) is 0 Å². The predicted octanol–water partition coefficient (Wildman–Crippen LogP) is 4.56. The minimum atomic E-state index is -0.0421. The molecule has 0 aliphatic rings. The first kappa shape index (κ1) is 15.9. The van der Waals surface area contributed by atoms with Gasteiger partial charge in [0, 0.05) is 33.0 Å². The number of methoxy groups -OCH3 is 2. The molecule has 21 heavy (non-hydrogen) atoms. The fourth-order valence-electron chi connectivity index (χ4n) is 1.87. The first-order valence-electron chi connectivity index (χ1n) is 6.26. The molecule has 0 unspecified atom stereocenters. The Balaban J connectivity index is 2.18. The first-order chi connectivity index (χ1) is 10.1. The first-order valence-corrected chi connectivity index (χ1v) is 7.93. The van der Waals surface area contributed by atoms with Crippen LogP contribution in [0.1, 0.15) is 20.8 Å². The molecule has 0 saturated heterocycles. The monoisotopic (exact) mass is 366 g/mol. The standard InChI is InChI=1S/C16H15BrO3S/c1-19-9-12-7-11(3-6-16(12)20-2)15(18)5-4-14-8-13(17)10-21-14/h3-8,10H,9H2,1-2H3/b5-4+. The van der Waals surface area contributed by atoms with Crippen molar-refractivity contribution in [3.05, 3.63) is 56.2 Å². The van der Waals surface area contributed by atoms with Crippen LogP contribution in [0.5, 0.6) is 5.75 Å². The predicted molar refractivity (Wildman–Crippen MR) is 89.1 cm³/mol. The Bertz CT molecular complexity index is 661. The van der Waals surface area contributed by atoms with Crippen molar-refractivity contribution in [3.63, 3.8) is 0 Å². The largest absolute Gasteiger partial charge is 0.496 e. The van der Waals surface area contributed by atoms with Crippen LogP contribution in [-0.2, 0) is 11.3 Å². The van der Waals surface area contributed by atoms with Crippen LogP contribution in [-0.4, -0.2) is 20.0 Å². The number of carbonyl (C=O) groups is 1. The topological polar surface area (TPSA) is 35.5 Å². The highest BCUT2D eigenvalue weighted by Gasteiger charge is 2.08. The molecule has 1 heterocycles. The summed E-state index contributed by atoms with van der Waals surface area (Å²) in [6.45, 7) is 0.409. The highest BCUT2D eigenvalue weighted by molar-refractivity contribution is 9.10. The van der Waals surface area contributed by atoms with Crippen LogP contribution < -0.4 is 4.74 Å². The zero-order chi connectivity index (χ0) is 15.2. The van der Waals surface area contributed by atoms with Gasteiger partial charge in [-0.1, -0.05) is 0 Å². The van der Waals surface area contributed by atoms with Crippen LogP contribution in [0.15, 0.2) is 40.2 Å². The van der Waals surface area contributed by atoms with Gasteiger partial charge in [0.05, 0.1) is 13.7 Å². The molecule has 0 saturated carbocycles. The molecule has 1 aromatic heterocycles. The van der Waals surface area contributed by atoms with E-state index in [1.807, 2.05) is 17.5 Å². The van der Waals surface area contributed by atoms with Gasteiger partial charge >= 0.3 is 0 Å². The molecule has 0 bridgehead atoms. The number of ether oxygens (including phenoxy) is 2. The summed E-state index contributed by atoms with van der Waals surface area (Å²) in [5.41, 5.74) is 1.48. The molecule has 1 aromatic carbocycles. The van der Waals surface area contributed by atoms with Crippen molar-refractivity contribution in [1.29, 1.82) is 0 Å². The maximum atomic E-state index is 12.2. The van der Waals surface area contributed by atoms with Gasteiger partial charge in [-0.05, 0) is 52.3 Å². The van der Waals surface area contributed by atoms with Gasteiger partial charge < -0.3 is 9.47 Å². The van der Waals surface area contributed by atoms with Crippen molar-refractivity contribution in [2.75, 3.05) is 14.2 Å². The SMILES string of the molecule is COCc1cc(C(=O)/C=C/c2cc(Br)cs2)ccc1OC. The van der Waals surface area contributed by atoms with E-state index in [1.54, 1.807) is 49.8 Å². The maximum Gasteiger partial charge on any atom is 0.185 e. The Kier molecular flexibility index (Phi) is 5.73. The van der Waals surface area contributed by atoms with Crippen molar-refractivity contribution in [2.45, 2.75) is 6.61 Å². The fraction of sp³-hybridized carbons (Fsp3) is 0.188. The molecular weight excluding hydrogens is 352 g/mol. The van der Waals surface area contributed by atoms with Crippen LogP contribution in [0.2, 0.25) is 0 Å². The second-order valence-corrected chi connectivity index (χ2v) is 6.18. The van der Waals surface area contributed by atoms with E-state index < -0.39 is 0 Å². The number of rotatable bonds is 6. The zero-order valence-electron chi connectivity index (χ0n) is 11.8. The van der Waals surface area contributed by atoms with Crippen LogP contribution >= 0.6 is 27.3 Å². The lowest BCUT2D eigenvalue weighted by atomic mass is 10.1. The van der Waals surface area contributed by atoms with Gasteiger partial charge in [-0.25, -0.2) is 0 Å². The van der Waals surface area contributed by atoms with E-state index in [9.17, 15) is 4.79 Å². The summed E-state index contributed by atoms with van der Waals surface area (Å²) in [4.78, 5) is 13.2. The smallest absolute Gasteiger partial charge is 0.185 e. The molecule has 110 valence electrons. The number of hydrogen-bond donors (Lipinski definition) is 0. The third-order valence-electron chi connectivity index (χ3n) is 2.85. The fourth-order valence-corrected chi connectivity index (χ4v) is 3.21. The minimum absolute atomic E-state index is 0.0421. The summed E-state index contributed by atoms with van der Waals surface area (Å²) in [5, 5.41) is 1.98. The normalized spacial score (nSPS) is 11.0. The van der Waals surface area contributed by atoms with E-state index in [1.165, 1.54) is 0 Å². The summed E-state index contributed by atoms with van der Waals surface area (Å²) in [6, 6.07) is 7.32. The molecule has 5 heteroatoms. The Morgan fingerprint density at radius 1 is 1.33 bits per heavy atom. The summed E-state index contributed by atoms with van der Waals surface area (Å²) in [6.07, 6.45) is 3.40. The van der Waals surface area contributed by atoms with Gasteiger partial charge in [0.2, 0.25) is 0 Å². The summed E-state index contributed by atoms with van der Waals surface area (Å²) < 4.78 is 11.4. The summed E-state index contributed by atoms with van der Waals surface area (Å²) in [5.74, 6) is 0.680. The van der Waals surface area contributed by atoms with Crippen molar-refractivity contribution in [3.8, 4) is 5.75 Å². The number of carbonyl (C=O) groups excluding carboxylic acids is 1. The number of ketones is 1. The molecule has 0 radical (unpaired) electrons. The van der Waals surface area contributed by atoms with E-state index in [-0.39, 0.29) is 5.78 Å². The number of allylic oxidation sites excluding steroid dienone is 1. The number of hydrogen-bond acceptors (Lipinski definition) is 4. The number of thiophene rings is 1. The van der Waals surface area contributed by atoms with E-state index in [2.05, 4.69) is 15.9 Å². The zero-order valence-corrected chi connectivity index (χ0v) is 14.2. The average Bonchev–Trinajstić information content (AvgIpc) is 2.90. The highest BCUT2D eigenvalue weighted by Crippen LogP contribution is 2.23. The Morgan fingerprint density at radius 2 is 2.14 bits per heavy atom. The van der Waals surface area contributed by atoms with Crippen molar-refractivity contribution >= 4 is 39.1 Å². The van der Waals surface area contributed by atoms with Gasteiger partial charge in [0.15, 0.2) is 5.78 Å². The third kappa shape index (κ3) is 4.27. The molecule has 0 N–H and O–H groups in total. The number of benzene rings is 1. The van der Waals surface area contributed by atoms with E-state index >= 15 is 0 Å². The average molecular weight is 367 g/mol. The molecule has 2 aromatic rings. The number of halogens is 1. The van der Waals surface area contributed by atoms with Crippen LogP contribution in [0.25, 0.3) is 6.08 Å². The molecule has 0 spiro atoms. The lowest BCUT2D eigenvalue weighted by Gasteiger charge is -2.08. The van der Waals surface area contributed by atoms with Crippen LogP contribution in [0.4, 0.5) is 0 Å². The second kappa shape index (κ2) is 7.54. The second-order valence-electron chi connectivity index (χ2n) is 4.32. The van der Waals surface area contributed by atoms with E-state index in [0.29, 0.717) is 12.2 Å². The Morgan fingerprint density at radius 3 is 2.76 bits per heavy atom. The van der Waals surface area contributed by atoms with Crippen LogP contribution in [0.3, 0.4) is 0 Å². The quantitative estimate of drug-likeness (QED) is 0.555. The molecule has 0 atom stereocenters. The lowest BCUT2D eigenvalue weighted by molar-refractivity contribution is 0.104. The Hall–Kier alpha value is -1.43. The van der Waals surface area contributed by atoms with Crippen molar-refractivity contribution < 1.29 is 14.3 Å². The van der Waals surface area contributed by atoms with E-state index in [0.717, 1.165) is 20.7 Å². The molecular formula is C16H15BrO3S. The maximum absolute atomic E-state index is 12.2. The molecule has 0 amide bonds. The van der Waals surface area contributed by atoms with E-state index in [4.69, 9.17) is 9.47 Å². The minimum Gasteiger partial charge on any atom is -0.496 e. The molecule has 0 fully saturated rings. The summed E-state index contributed by atoms with van der Waals surface area (Å²) in [7, 11) is 3.22. The van der Waals surface area contributed by atoms with Gasteiger partial charge in [0.1, 0.15) is 5.75 Å². The van der Waals surface area contributed by atoms with Crippen molar-refractivity contribution in [2.24, 2.45) is 0 Å². The molecule has 0 aliphatic carbocycles. The highest BCUT2D eigenvalue weighted by atomic mass is 79.9. The van der Waals surface area contributed by atoms with Gasteiger partial charge in [-0.15, -0.1) is 11.3 Å². The Labute approximate surface area is 136 Å². The van der Waals surface area contributed by atoms with Gasteiger partial charge in [-0.2, -0.15) is 0 Å². The third-order valence-corrected chi connectivity index (χ3v) is 4.51. The molecule has 3 nitrogen and oxygen atoms in total.